The fourth-order valence-electron chi connectivity index (χ4n) is 2.57. The van der Waals surface area contributed by atoms with E-state index in [-0.39, 0.29) is 10.7 Å². The summed E-state index contributed by atoms with van der Waals surface area (Å²) in [6, 6.07) is 6.19. The lowest BCUT2D eigenvalue weighted by molar-refractivity contribution is 0.101. The van der Waals surface area contributed by atoms with E-state index in [0.717, 1.165) is 11.3 Å². The van der Waals surface area contributed by atoms with Crippen molar-refractivity contribution < 1.29 is 13.2 Å². The van der Waals surface area contributed by atoms with Crippen LogP contribution >= 0.6 is 0 Å². The van der Waals surface area contributed by atoms with Crippen LogP contribution in [0.5, 0.6) is 0 Å². The molecule has 1 heterocycles. The number of carbonyl (C=O) groups excluding carboxylic acids is 1. The van der Waals surface area contributed by atoms with Crippen molar-refractivity contribution in [3.63, 3.8) is 0 Å². The van der Waals surface area contributed by atoms with Crippen molar-refractivity contribution >= 4 is 27.4 Å². The van der Waals surface area contributed by atoms with E-state index in [1.54, 1.807) is 36.0 Å². The Kier molecular flexibility index (Phi) is 6.19. The SMILES string of the molecule is C=C/C=C(\C)Nc1c(C(C)=O)c(NC)nn1Cc1ccc(S(N)(=O)=O)cc1. The van der Waals surface area contributed by atoms with Gasteiger partial charge in [0, 0.05) is 12.7 Å². The molecule has 1 aromatic heterocycles. The van der Waals surface area contributed by atoms with E-state index in [1.165, 1.54) is 19.1 Å². The second-order valence-electron chi connectivity index (χ2n) is 5.94. The zero-order valence-electron chi connectivity index (χ0n) is 15.5. The van der Waals surface area contributed by atoms with Crippen molar-refractivity contribution in [2.45, 2.75) is 25.3 Å². The summed E-state index contributed by atoms with van der Waals surface area (Å²) in [6.45, 7) is 7.32. The number of Topliss-reactive ketones (excluding diaryl/α,β-unsaturated/α-hetero) is 1. The van der Waals surface area contributed by atoms with Crippen LogP contribution in [0.1, 0.15) is 29.8 Å². The number of anilines is 2. The Labute approximate surface area is 158 Å². The van der Waals surface area contributed by atoms with Gasteiger partial charge in [-0.15, -0.1) is 0 Å². The Morgan fingerprint density at radius 2 is 1.93 bits per heavy atom. The third-order valence-electron chi connectivity index (χ3n) is 3.81. The molecule has 0 fully saturated rings. The highest BCUT2D eigenvalue weighted by Crippen LogP contribution is 2.27. The van der Waals surface area contributed by atoms with E-state index < -0.39 is 10.0 Å². The van der Waals surface area contributed by atoms with Crippen LogP contribution in [-0.4, -0.2) is 31.0 Å². The fourth-order valence-corrected chi connectivity index (χ4v) is 3.09. The van der Waals surface area contributed by atoms with E-state index in [0.29, 0.717) is 23.7 Å². The number of benzene rings is 1. The van der Waals surface area contributed by atoms with Crippen LogP contribution in [0.15, 0.2) is 53.6 Å². The van der Waals surface area contributed by atoms with E-state index in [1.807, 2.05) is 6.92 Å². The van der Waals surface area contributed by atoms with E-state index in [2.05, 4.69) is 22.3 Å². The summed E-state index contributed by atoms with van der Waals surface area (Å²) in [5, 5.41) is 15.7. The lowest BCUT2D eigenvalue weighted by Crippen LogP contribution is -2.12. The van der Waals surface area contributed by atoms with Gasteiger partial charge >= 0.3 is 0 Å². The lowest BCUT2D eigenvalue weighted by atomic mass is 10.2. The zero-order chi connectivity index (χ0) is 20.2. The molecule has 0 spiro atoms. The van der Waals surface area contributed by atoms with Crippen LogP contribution in [0.3, 0.4) is 0 Å². The van der Waals surface area contributed by atoms with Crippen molar-refractivity contribution in [2.24, 2.45) is 5.14 Å². The molecule has 1 aromatic carbocycles. The molecule has 9 heteroatoms. The monoisotopic (exact) mass is 389 g/mol. The quantitative estimate of drug-likeness (QED) is 0.471. The van der Waals surface area contributed by atoms with Crippen molar-refractivity contribution in [1.29, 1.82) is 0 Å². The highest BCUT2D eigenvalue weighted by atomic mass is 32.2. The third-order valence-corrected chi connectivity index (χ3v) is 4.74. The van der Waals surface area contributed by atoms with Crippen LogP contribution < -0.4 is 15.8 Å². The largest absolute Gasteiger partial charge is 0.371 e. The number of ketones is 1. The van der Waals surface area contributed by atoms with Gasteiger partial charge in [0.05, 0.1) is 11.4 Å². The van der Waals surface area contributed by atoms with Crippen LogP contribution in [0.25, 0.3) is 0 Å². The summed E-state index contributed by atoms with van der Waals surface area (Å²) in [5.41, 5.74) is 2.03. The molecular formula is C18H23N5O3S. The first-order valence-electron chi connectivity index (χ1n) is 8.15. The number of nitrogens with zero attached hydrogens (tertiary/aromatic N) is 2. The van der Waals surface area contributed by atoms with Gasteiger partial charge in [0.25, 0.3) is 0 Å². The number of rotatable bonds is 8. The molecule has 8 nitrogen and oxygen atoms in total. The highest BCUT2D eigenvalue weighted by molar-refractivity contribution is 7.89. The van der Waals surface area contributed by atoms with Crippen molar-refractivity contribution in [3.8, 4) is 0 Å². The van der Waals surface area contributed by atoms with Crippen LogP contribution in [0, 0.1) is 0 Å². The maximum atomic E-state index is 12.2. The molecular weight excluding hydrogens is 366 g/mol. The first-order chi connectivity index (χ1) is 12.7. The number of nitrogens with two attached hydrogens (primary N) is 1. The standard InChI is InChI=1S/C18H23N5O3S/c1-5-6-12(2)21-18-16(13(3)24)17(20-4)22-23(18)11-14-7-9-15(10-8-14)27(19,25)26/h5-10,21H,1,11H2,2-4H3,(H,20,22)(H2,19,25,26)/b12-6+. The predicted molar refractivity (Wildman–Crippen MR) is 106 cm³/mol. The number of allylic oxidation sites excluding steroid dienone is 3. The second kappa shape index (κ2) is 8.19. The molecule has 0 bridgehead atoms. The smallest absolute Gasteiger partial charge is 0.238 e. The average molecular weight is 389 g/mol. The molecule has 0 aliphatic heterocycles. The van der Waals surface area contributed by atoms with Crippen molar-refractivity contribution in [3.05, 3.63) is 59.8 Å². The minimum atomic E-state index is -3.75. The molecule has 2 aromatic rings. The summed E-state index contributed by atoms with van der Waals surface area (Å²) >= 11 is 0. The maximum absolute atomic E-state index is 12.2. The summed E-state index contributed by atoms with van der Waals surface area (Å²) in [5.74, 6) is 0.861. The molecule has 0 saturated heterocycles. The Morgan fingerprint density at radius 3 is 2.41 bits per heavy atom. The normalized spacial score (nSPS) is 11.9. The van der Waals surface area contributed by atoms with Gasteiger partial charge in [-0.1, -0.05) is 24.8 Å². The number of hydrogen-bond donors (Lipinski definition) is 3. The second-order valence-corrected chi connectivity index (χ2v) is 7.50. The lowest BCUT2D eigenvalue weighted by Gasteiger charge is -2.12. The van der Waals surface area contributed by atoms with E-state index >= 15 is 0 Å². The zero-order valence-corrected chi connectivity index (χ0v) is 16.3. The fraction of sp³-hybridized carbons (Fsp3) is 0.222. The predicted octanol–water partition coefficient (Wildman–Crippen LogP) is 2.32. The summed E-state index contributed by atoms with van der Waals surface area (Å²) in [4.78, 5) is 12.2. The van der Waals surface area contributed by atoms with Crippen molar-refractivity contribution in [2.75, 3.05) is 17.7 Å². The van der Waals surface area contributed by atoms with Crippen LogP contribution in [0.2, 0.25) is 0 Å². The van der Waals surface area contributed by atoms with Gasteiger partial charge in [0.15, 0.2) is 11.6 Å². The molecule has 0 radical (unpaired) electrons. The van der Waals surface area contributed by atoms with Crippen molar-refractivity contribution in [1.82, 2.24) is 9.78 Å². The number of aromatic nitrogens is 2. The van der Waals surface area contributed by atoms with Gasteiger partial charge in [-0.25, -0.2) is 18.2 Å². The van der Waals surface area contributed by atoms with Gasteiger partial charge in [0.1, 0.15) is 11.4 Å². The van der Waals surface area contributed by atoms with Gasteiger partial charge in [-0.2, -0.15) is 5.10 Å². The third kappa shape index (κ3) is 4.83. The Hall–Kier alpha value is -2.91. The van der Waals surface area contributed by atoms with E-state index in [4.69, 9.17) is 5.14 Å². The molecule has 0 aliphatic rings. The Bertz CT molecular complexity index is 989. The summed E-state index contributed by atoms with van der Waals surface area (Å²) in [7, 11) is -2.06. The minimum Gasteiger partial charge on any atom is -0.371 e. The number of sulfonamides is 1. The number of nitrogens with one attached hydrogen (secondary N) is 2. The van der Waals surface area contributed by atoms with Gasteiger partial charge < -0.3 is 10.6 Å². The Balaban J connectivity index is 2.47. The molecule has 0 saturated carbocycles. The average Bonchev–Trinajstić information content (AvgIpc) is 2.92. The van der Waals surface area contributed by atoms with Crippen LogP contribution in [-0.2, 0) is 16.6 Å². The van der Waals surface area contributed by atoms with Gasteiger partial charge in [0.2, 0.25) is 10.0 Å². The van der Waals surface area contributed by atoms with Gasteiger partial charge in [-0.05, 0) is 37.6 Å². The molecule has 0 aliphatic carbocycles. The highest BCUT2D eigenvalue weighted by Gasteiger charge is 2.21. The molecule has 0 atom stereocenters. The maximum Gasteiger partial charge on any atom is 0.238 e. The number of hydrogen-bond acceptors (Lipinski definition) is 6. The molecule has 4 N–H and O–H groups in total. The molecule has 27 heavy (non-hydrogen) atoms. The summed E-state index contributed by atoms with van der Waals surface area (Å²) in [6.07, 6.45) is 3.42. The number of carbonyl (C=O) groups is 1. The first kappa shape index (κ1) is 20.4. The molecule has 2 rings (SSSR count). The number of primary sulfonamides is 1. The van der Waals surface area contributed by atoms with Gasteiger partial charge in [-0.3, -0.25) is 4.79 Å². The minimum absolute atomic E-state index is 0.0372. The summed E-state index contributed by atoms with van der Waals surface area (Å²) < 4.78 is 24.4. The topological polar surface area (TPSA) is 119 Å². The van der Waals surface area contributed by atoms with Crippen LogP contribution in [0.4, 0.5) is 11.6 Å². The molecule has 0 amide bonds. The molecule has 0 unspecified atom stereocenters. The molecule has 144 valence electrons. The van der Waals surface area contributed by atoms with E-state index in [9.17, 15) is 13.2 Å². The Morgan fingerprint density at radius 1 is 1.30 bits per heavy atom. The first-order valence-corrected chi connectivity index (χ1v) is 9.69.